The Labute approximate surface area is 225 Å². The summed E-state index contributed by atoms with van der Waals surface area (Å²) in [6, 6.07) is 3.91. The third-order valence-corrected chi connectivity index (χ3v) is 6.93. The van der Waals surface area contributed by atoms with E-state index in [1.165, 1.54) is 12.3 Å². The van der Waals surface area contributed by atoms with Crippen molar-refractivity contribution in [2.45, 2.75) is 19.4 Å². The largest absolute Gasteiger partial charge is 0.475 e. The zero-order valence-corrected chi connectivity index (χ0v) is 22.1. The lowest BCUT2D eigenvalue weighted by Gasteiger charge is -2.40. The van der Waals surface area contributed by atoms with E-state index in [0.29, 0.717) is 54.1 Å². The summed E-state index contributed by atoms with van der Waals surface area (Å²) in [4.78, 5) is 23.2. The Bertz CT molecular complexity index is 1280. The quantitative estimate of drug-likeness (QED) is 0.434. The Morgan fingerprint density at radius 3 is 2.84 bits per heavy atom. The van der Waals surface area contributed by atoms with E-state index in [0.717, 1.165) is 19.3 Å². The number of piperazine rings is 1. The van der Waals surface area contributed by atoms with Crippen LogP contribution in [0.3, 0.4) is 0 Å². The van der Waals surface area contributed by atoms with E-state index >= 15 is 0 Å². The average Bonchev–Trinajstić information content (AvgIpc) is 2.92. The van der Waals surface area contributed by atoms with Gasteiger partial charge < -0.3 is 14.5 Å². The van der Waals surface area contributed by atoms with E-state index in [-0.39, 0.29) is 18.5 Å². The standard InChI is InChI=1S/C26H29ClF2N8O/c1-17-15-37(9-8-36(17)7-6-35(3)24-23(31-2)10-18(12-30)13-32-24)26-33-14-22(29)25(34-26)38-16-19-4-5-20(27)11-21(19)28/h5,10-11,13-14,17,19H,2,4,6-9,15-16H2,1,3H3/t17-,19?/m0/s1. The number of nitriles is 1. The van der Waals surface area contributed by atoms with Gasteiger partial charge in [-0.1, -0.05) is 17.7 Å². The number of hydrogen-bond donors (Lipinski definition) is 0. The van der Waals surface area contributed by atoms with Crippen molar-refractivity contribution in [3.63, 3.8) is 0 Å². The molecule has 0 N–H and O–H groups in total. The van der Waals surface area contributed by atoms with Crippen molar-refractivity contribution in [1.29, 1.82) is 5.26 Å². The van der Waals surface area contributed by atoms with Gasteiger partial charge in [-0.05, 0) is 32.2 Å². The molecule has 0 bridgehead atoms. The second-order valence-electron chi connectivity index (χ2n) is 9.27. The van der Waals surface area contributed by atoms with Crippen LogP contribution in [0.5, 0.6) is 5.88 Å². The number of ether oxygens (including phenoxy) is 1. The number of likely N-dealkylation sites (N-methyl/N-ethyl adjacent to an activating group) is 1. The van der Waals surface area contributed by atoms with Crippen molar-refractivity contribution in [3.8, 4) is 11.9 Å². The van der Waals surface area contributed by atoms with Gasteiger partial charge in [0.05, 0.1) is 18.4 Å². The molecule has 1 aliphatic carbocycles. The van der Waals surface area contributed by atoms with Crippen molar-refractivity contribution in [1.82, 2.24) is 19.9 Å². The first-order valence-electron chi connectivity index (χ1n) is 12.2. The molecular weight excluding hydrogens is 514 g/mol. The van der Waals surface area contributed by atoms with Crippen molar-refractivity contribution < 1.29 is 13.5 Å². The third kappa shape index (κ3) is 6.44. The molecule has 1 unspecified atom stereocenters. The van der Waals surface area contributed by atoms with Crippen LogP contribution in [-0.2, 0) is 0 Å². The summed E-state index contributed by atoms with van der Waals surface area (Å²) < 4.78 is 34.0. The average molecular weight is 543 g/mol. The summed E-state index contributed by atoms with van der Waals surface area (Å²) in [5.74, 6) is -0.773. The summed E-state index contributed by atoms with van der Waals surface area (Å²) in [6.45, 7) is 9.18. The monoisotopic (exact) mass is 542 g/mol. The highest BCUT2D eigenvalue weighted by Gasteiger charge is 2.27. The summed E-state index contributed by atoms with van der Waals surface area (Å²) in [5, 5.41) is 9.43. The molecule has 3 heterocycles. The van der Waals surface area contributed by atoms with Gasteiger partial charge in [-0.2, -0.15) is 14.6 Å². The number of allylic oxidation sites excluding steroid dienone is 3. The van der Waals surface area contributed by atoms with Crippen LogP contribution in [0.15, 0.2) is 46.5 Å². The maximum Gasteiger partial charge on any atom is 0.255 e. The number of pyridine rings is 1. The number of nitrogens with zero attached hydrogens (tertiary/aromatic N) is 8. The predicted octanol–water partition coefficient (Wildman–Crippen LogP) is 4.24. The smallest absolute Gasteiger partial charge is 0.255 e. The van der Waals surface area contributed by atoms with Crippen LogP contribution in [0.1, 0.15) is 18.9 Å². The van der Waals surface area contributed by atoms with E-state index in [1.54, 1.807) is 12.1 Å². The van der Waals surface area contributed by atoms with Gasteiger partial charge in [0.2, 0.25) is 11.8 Å². The maximum atomic E-state index is 14.3. The molecule has 0 spiro atoms. The number of aliphatic imine (C=N–C) groups is 1. The fourth-order valence-corrected chi connectivity index (χ4v) is 4.60. The van der Waals surface area contributed by atoms with Crippen LogP contribution in [0.4, 0.5) is 26.2 Å². The molecule has 2 atom stereocenters. The zero-order valence-electron chi connectivity index (χ0n) is 21.3. The summed E-state index contributed by atoms with van der Waals surface area (Å²) in [6.07, 6.45) is 5.94. The van der Waals surface area contributed by atoms with E-state index in [1.807, 2.05) is 16.8 Å². The number of rotatable bonds is 9. The molecule has 1 fully saturated rings. The SMILES string of the molecule is C=Nc1cc(C#N)cnc1N(C)CCN1CCN(c2ncc(F)c(OCC3CC=C(Cl)C=C3F)n2)C[C@@H]1C. The lowest BCUT2D eigenvalue weighted by molar-refractivity contribution is 0.192. The fourth-order valence-electron chi connectivity index (χ4n) is 4.41. The molecule has 0 radical (unpaired) electrons. The van der Waals surface area contributed by atoms with Crippen molar-refractivity contribution >= 4 is 35.8 Å². The normalized spacial score (nSPS) is 19.8. The van der Waals surface area contributed by atoms with Gasteiger partial charge in [-0.25, -0.2) is 14.4 Å². The highest BCUT2D eigenvalue weighted by Crippen LogP contribution is 2.29. The minimum absolute atomic E-state index is 0.0503. The van der Waals surface area contributed by atoms with Gasteiger partial charge in [0, 0.05) is 63.0 Å². The topological polar surface area (TPSA) is 93.8 Å². The highest BCUT2D eigenvalue weighted by molar-refractivity contribution is 6.31. The number of aromatic nitrogens is 3. The van der Waals surface area contributed by atoms with Gasteiger partial charge in [-0.15, -0.1) is 0 Å². The highest BCUT2D eigenvalue weighted by atomic mass is 35.5. The summed E-state index contributed by atoms with van der Waals surface area (Å²) in [5.41, 5.74) is 1.00. The second-order valence-corrected chi connectivity index (χ2v) is 9.71. The van der Waals surface area contributed by atoms with Crippen LogP contribution >= 0.6 is 11.6 Å². The minimum Gasteiger partial charge on any atom is -0.475 e. The first-order valence-corrected chi connectivity index (χ1v) is 12.6. The molecule has 12 heteroatoms. The molecule has 0 aromatic carbocycles. The lowest BCUT2D eigenvalue weighted by atomic mass is 10.0. The Hall–Kier alpha value is -3.62. The second kappa shape index (κ2) is 12.3. The molecule has 200 valence electrons. The molecule has 9 nitrogen and oxygen atoms in total. The Kier molecular flexibility index (Phi) is 8.86. The van der Waals surface area contributed by atoms with Gasteiger partial charge in [0.25, 0.3) is 5.88 Å². The van der Waals surface area contributed by atoms with Gasteiger partial charge in [-0.3, -0.25) is 9.89 Å². The lowest BCUT2D eigenvalue weighted by Crippen LogP contribution is -2.53. The van der Waals surface area contributed by atoms with Gasteiger partial charge in [0.15, 0.2) is 5.82 Å². The molecule has 2 aromatic rings. The molecule has 1 saturated heterocycles. The van der Waals surface area contributed by atoms with E-state index in [4.69, 9.17) is 21.6 Å². The molecule has 2 aliphatic rings. The summed E-state index contributed by atoms with van der Waals surface area (Å²) >= 11 is 5.83. The number of halogens is 3. The molecule has 1 aliphatic heterocycles. The predicted molar refractivity (Wildman–Crippen MR) is 143 cm³/mol. The molecule has 0 amide bonds. The van der Waals surface area contributed by atoms with Crippen LogP contribution in [0.25, 0.3) is 0 Å². The maximum absolute atomic E-state index is 14.3. The summed E-state index contributed by atoms with van der Waals surface area (Å²) in [7, 11) is 1.93. The Balaban J connectivity index is 1.33. The molecule has 2 aromatic heterocycles. The zero-order chi connectivity index (χ0) is 27.2. The van der Waals surface area contributed by atoms with E-state index in [2.05, 4.69) is 44.6 Å². The molecule has 4 rings (SSSR count). The van der Waals surface area contributed by atoms with Crippen molar-refractivity contribution in [2.24, 2.45) is 10.9 Å². The molecule has 38 heavy (non-hydrogen) atoms. The number of hydrogen-bond acceptors (Lipinski definition) is 9. The molecule has 0 saturated carbocycles. The fraction of sp³-hybridized carbons (Fsp3) is 0.423. The van der Waals surface area contributed by atoms with Crippen LogP contribution in [0.2, 0.25) is 0 Å². The van der Waals surface area contributed by atoms with Crippen LogP contribution in [0, 0.1) is 23.1 Å². The van der Waals surface area contributed by atoms with Gasteiger partial charge in [0.1, 0.15) is 17.6 Å². The van der Waals surface area contributed by atoms with Gasteiger partial charge >= 0.3 is 0 Å². The first-order chi connectivity index (χ1) is 18.3. The van der Waals surface area contributed by atoms with Crippen LogP contribution < -0.4 is 14.5 Å². The Morgan fingerprint density at radius 2 is 2.13 bits per heavy atom. The number of anilines is 2. The van der Waals surface area contributed by atoms with Crippen LogP contribution in [-0.4, -0.2) is 79.0 Å². The Morgan fingerprint density at radius 1 is 1.32 bits per heavy atom. The van der Waals surface area contributed by atoms with E-state index in [9.17, 15) is 8.78 Å². The first kappa shape index (κ1) is 27.4. The van der Waals surface area contributed by atoms with E-state index < -0.39 is 17.6 Å². The minimum atomic E-state index is -0.693. The van der Waals surface area contributed by atoms with Crippen molar-refractivity contribution in [2.75, 3.05) is 56.2 Å². The third-order valence-electron chi connectivity index (χ3n) is 6.66. The molecular formula is C26H29ClF2N8O. The van der Waals surface area contributed by atoms with Crippen molar-refractivity contribution in [3.05, 3.63) is 52.9 Å².